The number of alkyl halides is 1. The zero-order valence-corrected chi connectivity index (χ0v) is 9.35. The standard InChI is InChI=1S/C7H13BFO5P/c1-12-3-4-6(14-15(2,10)11)5(9)7(8)13-4/h4-7H,3H2,1-2H3,(H,10,11)/p-1/t4-,5-,6-,7-/m1/s1. The van der Waals surface area contributed by atoms with Gasteiger partial charge in [-0.05, 0) is 0 Å². The number of ether oxygens (including phenoxy) is 2. The molecule has 0 spiro atoms. The van der Waals surface area contributed by atoms with Gasteiger partial charge >= 0.3 is 0 Å². The van der Waals surface area contributed by atoms with E-state index in [9.17, 15) is 13.8 Å². The van der Waals surface area contributed by atoms with Gasteiger partial charge in [-0.15, -0.1) is 0 Å². The molecule has 2 radical (unpaired) electrons. The predicted octanol–water partition coefficient (Wildman–Crippen LogP) is -0.567. The maximum Gasteiger partial charge on any atom is 0.147 e. The van der Waals surface area contributed by atoms with Crippen LogP contribution in [0.1, 0.15) is 0 Å². The first-order valence-corrected chi connectivity index (χ1v) is 6.35. The van der Waals surface area contributed by atoms with Crippen molar-refractivity contribution in [2.75, 3.05) is 20.4 Å². The first kappa shape index (κ1) is 13.1. The van der Waals surface area contributed by atoms with Crippen molar-refractivity contribution in [3.63, 3.8) is 0 Å². The fourth-order valence-electron chi connectivity index (χ4n) is 1.39. The van der Waals surface area contributed by atoms with Gasteiger partial charge in [0.2, 0.25) is 0 Å². The molecule has 0 aliphatic carbocycles. The average Bonchev–Trinajstić information content (AvgIpc) is 2.32. The van der Waals surface area contributed by atoms with Gasteiger partial charge in [-0.1, -0.05) is 0 Å². The molecule has 5 nitrogen and oxygen atoms in total. The molecule has 15 heavy (non-hydrogen) atoms. The summed E-state index contributed by atoms with van der Waals surface area (Å²) >= 11 is 0. The summed E-state index contributed by atoms with van der Waals surface area (Å²) in [6.45, 7) is 0.895. The van der Waals surface area contributed by atoms with E-state index in [0.29, 0.717) is 0 Å². The third-order valence-electron chi connectivity index (χ3n) is 1.97. The van der Waals surface area contributed by atoms with Crippen molar-refractivity contribution in [3.8, 4) is 0 Å². The molecular weight excluding hydrogens is 225 g/mol. The van der Waals surface area contributed by atoms with Crippen molar-refractivity contribution in [2.24, 2.45) is 0 Å². The second-order valence-electron chi connectivity index (χ2n) is 3.38. The quantitative estimate of drug-likeness (QED) is 0.483. The van der Waals surface area contributed by atoms with E-state index in [-0.39, 0.29) is 6.61 Å². The van der Waals surface area contributed by atoms with Crippen LogP contribution in [0.15, 0.2) is 0 Å². The van der Waals surface area contributed by atoms with Crippen LogP contribution < -0.4 is 4.89 Å². The van der Waals surface area contributed by atoms with Gasteiger partial charge in [0.15, 0.2) is 0 Å². The molecule has 1 unspecified atom stereocenters. The third kappa shape index (κ3) is 3.54. The Kier molecular flexibility index (Phi) is 4.32. The minimum Gasteiger partial charge on any atom is -0.779 e. The molecule has 1 fully saturated rings. The second kappa shape index (κ2) is 4.93. The van der Waals surface area contributed by atoms with Crippen molar-refractivity contribution >= 4 is 15.4 Å². The van der Waals surface area contributed by atoms with Gasteiger partial charge in [0, 0.05) is 13.8 Å². The highest BCUT2D eigenvalue weighted by Crippen LogP contribution is 2.39. The van der Waals surface area contributed by atoms with Gasteiger partial charge in [0.05, 0.1) is 12.6 Å². The number of halogens is 1. The molecule has 1 aliphatic rings. The lowest BCUT2D eigenvalue weighted by molar-refractivity contribution is -0.203. The van der Waals surface area contributed by atoms with Crippen molar-refractivity contribution in [2.45, 2.75) is 24.4 Å². The lowest BCUT2D eigenvalue weighted by Gasteiger charge is -2.26. The Morgan fingerprint density at radius 2 is 2.27 bits per heavy atom. The Balaban J connectivity index is 2.68. The summed E-state index contributed by atoms with van der Waals surface area (Å²) in [4.78, 5) is 10.9. The summed E-state index contributed by atoms with van der Waals surface area (Å²) in [7, 11) is 2.65. The van der Waals surface area contributed by atoms with Crippen LogP contribution >= 0.6 is 7.60 Å². The van der Waals surface area contributed by atoms with E-state index in [1.807, 2.05) is 0 Å². The molecule has 1 aliphatic heterocycles. The lowest BCUT2D eigenvalue weighted by Crippen LogP contribution is -2.35. The molecule has 0 aromatic rings. The van der Waals surface area contributed by atoms with Crippen LogP contribution in [-0.2, 0) is 18.6 Å². The number of rotatable bonds is 4. The van der Waals surface area contributed by atoms with Gasteiger partial charge < -0.3 is 23.5 Å². The van der Waals surface area contributed by atoms with Crippen LogP contribution in [0, 0.1) is 0 Å². The highest BCUT2D eigenvalue weighted by atomic mass is 31.2. The van der Waals surface area contributed by atoms with E-state index < -0.39 is 32.0 Å². The largest absolute Gasteiger partial charge is 0.779 e. The van der Waals surface area contributed by atoms with Gasteiger partial charge in [-0.2, -0.15) is 0 Å². The number of hydrogen-bond donors (Lipinski definition) is 0. The second-order valence-corrected chi connectivity index (χ2v) is 5.13. The fourth-order valence-corrected chi connectivity index (χ4v) is 2.09. The summed E-state index contributed by atoms with van der Waals surface area (Å²) < 4.78 is 38.6. The molecule has 0 aromatic heterocycles. The van der Waals surface area contributed by atoms with Gasteiger partial charge in [0.1, 0.15) is 33.8 Å². The number of hydrogen-bond acceptors (Lipinski definition) is 5. The van der Waals surface area contributed by atoms with E-state index in [4.69, 9.17) is 17.3 Å². The normalized spacial score (nSPS) is 40.3. The van der Waals surface area contributed by atoms with Crippen LogP contribution in [0.4, 0.5) is 4.39 Å². The third-order valence-corrected chi connectivity index (χ3v) is 2.60. The molecule has 86 valence electrons. The van der Waals surface area contributed by atoms with Crippen molar-refractivity contribution in [1.82, 2.24) is 0 Å². The van der Waals surface area contributed by atoms with Crippen molar-refractivity contribution in [3.05, 3.63) is 0 Å². The van der Waals surface area contributed by atoms with Crippen LogP contribution in [0.5, 0.6) is 0 Å². The van der Waals surface area contributed by atoms with E-state index in [1.54, 1.807) is 0 Å². The maximum atomic E-state index is 13.4. The van der Waals surface area contributed by atoms with E-state index in [1.165, 1.54) is 7.11 Å². The van der Waals surface area contributed by atoms with Crippen LogP contribution in [0.2, 0.25) is 0 Å². The summed E-state index contributed by atoms with van der Waals surface area (Å²) in [5, 5.41) is 0. The van der Waals surface area contributed by atoms with Gasteiger partial charge in [-0.3, -0.25) is 0 Å². The highest BCUT2D eigenvalue weighted by molar-refractivity contribution is 7.50. The molecule has 0 bridgehead atoms. The Morgan fingerprint density at radius 3 is 2.73 bits per heavy atom. The topological polar surface area (TPSA) is 67.8 Å². The summed E-state index contributed by atoms with van der Waals surface area (Å²) in [5.74, 6) is 0. The molecule has 5 atom stereocenters. The zero-order chi connectivity index (χ0) is 11.6. The molecular formula is C7H12BFO5P-. The summed E-state index contributed by atoms with van der Waals surface area (Å²) in [6, 6.07) is -1.18. The van der Waals surface area contributed by atoms with E-state index >= 15 is 0 Å². The van der Waals surface area contributed by atoms with E-state index in [0.717, 1.165) is 6.66 Å². The molecule has 1 rings (SSSR count). The summed E-state index contributed by atoms with van der Waals surface area (Å²) in [5.41, 5.74) is 0. The molecule has 0 aromatic carbocycles. The van der Waals surface area contributed by atoms with Crippen molar-refractivity contribution < 1.29 is 27.8 Å². The zero-order valence-electron chi connectivity index (χ0n) is 8.46. The van der Waals surface area contributed by atoms with Crippen LogP contribution in [0.25, 0.3) is 0 Å². The van der Waals surface area contributed by atoms with Crippen LogP contribution in [-0.4, -0.2) is 52.6 Å². The number of methoxy groups -OCH3 is 1. The Bertz CT molecular complexity index is 260. The minimum atomic E-state index is -4.02. The monoisotopic (exact) mass is 237 g/mol. The lowest BCUT2D eigenvalue weighted by atomic mass is 9.94. The first-order chi connectivity index (χ1) is 6.85. The van der Waals surface area contributed by atoms with Crippen molar-refractivity contribution in [1.29, 1.82) is 0 Å². The Hall–Kier alpha value is 0.0649. The molecule has 1 saturated heterocycles. The molecule has 8 heteroatoms. The summed E-state index contributed by atoms with van der Waals surface area (Å²) in [6.07, 6.45) is -3.71. The smallest absolute Gasteiger partial charge is 0.147 e. The molecule has 1 heterocycles. The van der Waals surface area contributed by atoms with Gasteiger partial charge in [-0.25, -0.2) is 4.39 Å². The SMILES string of the molecule is [B][C@@H]1O[C@H](COC)[C@@H](OP(C)(=O)[O-])[C@H]1F. The van der Waals surface area contributed by atoms with E-state index in [2.05, 4.69) is 4.52 Å². The van der Waals surface area contributed by atoms with Crippen LogP contribution in [0.3, 0.4) is 0 Å². The Labute approximate surface area is 88.8 Å². The average molecular weight is 237 g/mol. The minimum absolute atomic E-state index is 0.0266. The molecule has 0 amide bonds. The molecule has 0 saturated carbocycles. The first-order valence-electron chi connectivity index (χ1n) is 4.36. The fraction of sp³-hybridized carbons (Fsp3) is 1.00. The predicted molar refractivity (Wildman–Crippen MR) is 49.6 cm³/mol. The molecule has 0 N–H and O–H groups in total. The van der Waals surface area contributed by atoms with Gasteiger partial charge in [0.25, 0.3) is 0 Å². The highest BCUT2D eigenvalue weighted by Gasteiger charge is 2.44. The maximum absolute atomic E-state index is 13.4. The Morgan fingerprint density at radius 1 is 1.67 bits per heavy atom.